The van der Waals surface area contributed by atoms with Gasteiger partial charge in [0.1, 0.15) is 54.3 Å². The zero-order chi connectivity index (χ0) is 31.8. The van der Waals surface area contributed by atoms with Crippen LogP contribution < -0.4 is 5.73 Å². The van der Waals surface area contributed by atoms with Crippen molar-refractivity contribution in [1.82, 2.24) is 24.1 Å². The van der Waals surface area contributed by atoms with Gasteiger partial charge in [-0.05, 0) is 0 Å². The zero-order valence-corrected chi connectivity index (χ0v) is 24.3. The molecule has 0 aliphatic carbocycles. The number of nitrogen functional groups attached to an aromatic ring is 1. The number of hydrogen-bond donors (Lipinski definition) is 5. The molecule has 10 atom stereocenters. The number of nitrogens with zero attached hydrogens (tertiary/aromatic N) is 6. The van der Waals surface area contributed by atoms with E-state index in [9.17, 15) is 38.3 Å². The lowest BCUT2D eigenvalue weighted by atomic mass is 10.1. The molecule has 4 aliphatic rings. The number of carbonyl (C=O) groups is 1. The highest BCUT2D eigenvalue weighted by molar-refractivity contribution is 7.47. The molecule has 0 radical (unpaired) electrons. The number of ether oxygens (including phenoxy) is 2. The Bertz CT molecular complexity index is 1800. The van der Waals surface area contributed by atoms with Crippen molar-refractivity contribution in [3.8, 4) is 0 Å². The standard InChI is InChI=1S/C22H24FN7O13P2/c23-8-3-29(19-12(8)9(31)1-2-25-19)22-17-14(32)10(40-22)4-38-44(34,35)42-16-11(5-39-45(36,37)43-17)41-21(15(16)33)30-7-28-13-18(24)26-6-27-20(13)30/h2-3,6-7,10-11,14-17,21-22,32-33H,1,4-5H2,(H,34,35)(H,36,37)(H2,24,26,27)/t10-,11-,14-,15-,16-,17-,21-,22-/m1/s1. The molecule has 6 N–H and O–H groups in total. The number of rotatable bonds is 2. The zero-order valence-electron chi connectivity index (χ0n) is 22.5. The largest absolute Gasteiger partial charge is 0.472 e. The second-order valence-electron chi connectivity index (χ2n) is 10.4. The van der Waals surface area contributed by atoms with Crippen molar-refractivity contribution in [1.29, 1.82) is 0 Å². The van der Waals surface area contributed by atoms with E-state index in [0.29, 0.717) is 0 Å². The number of ketones is 1. The van der Waals surface area contributed by atoms with Crippen LogP contribution in [0.1, 0.15) is 29.2 Å². The minimum atomic E-state index is -5.15. The lowest BCUT2D eigenvalue weighted by Crippen LogP contribution is -2.36. The van der Waals surface area contributed by atoms with Gasteiger partial charge in [0, 0.05) is 18.8 Å². The first kappa shape index (κ1) is 30.6. The number of fused-ring (bicyclic) bond motifs is 5. The Morgan fingerprint density at radius 2 is 1.62 bits per heavy atom. The molecular formula is C22H24FN7O13P2. The molecule has 242 valence electrons. The minimum Gasteiger partial charge on any atom is -0.387 e. The van der Waals surface area contributed by atoms with Gasteiger partial charge in [0.25, 0.3) is 0 Å². The summed E-state index contributed by atoms with van der Waals surface area (Å²) in [5.41, 5.74) is 5.76. The number of Topliss-reactive ketones (excluding diaryl/α,β-unsaturated/α-hetero) is 1. The summed E-state index contributed by atoms with van der Waals surface area (Å²) in [6, 6.07) is 0. The number of anilines is 1. The van der Waals surface area contributed by atoms with Crippen molar-refractivity contribution in [3.63, 3.8) is 0 Å². The van der Waals surface area contributed by atoms with Gasteiger partial charge in [0.2, 0.25) is 0 Å². The van der Waals surface area contributed by atoms with Crippen molar-refractivity contribution in [2.24, 2.45) is 4.99 Å². The molecular weight excluding hydrogens is 651 g/mol. The Kier molecular flexibility index (Phi) is 7.51. The summed E-state index contributed by atoms with van der Waals surface area (Å²) in [5, 5.41) is 22.1. The van der Waals surface area contributed by atoms with Crippen LogP contribution in [0.2, 0.25) is 0 Å². The van der Waals surface area contributed by atoms with Crippen LogP contribution in [0.4, 0.5) is 16.0 Å². The number of aliphatic hydroxyl groups excluding tert-OH is 2. The fourth-order valence-electron chi connectivity index (χ4n) is 5.55. The van der Waals surface area contributed by atoms with Gasteiger partial charge in [-0.15, -0.1) is 0 Å². The maximum Gasteiger partial charge on any atom is 0.472 e. The molecule has 3 saturated heterocycles. The summed E-state index contributed by atoms with van der Waals surface area (Å²) in [7, 11) is -10.2. The highest BCUT2D eigenvalue weighted by atomic mass is 31.2. The van der Waals surface area contributed by atoms with Gasteiger partial charge < -0.3 is 39.8 Å². The predicted molar refractivity (Wildman–Crippen MR) is 142 cm³/mol. The molecule has 20 nitrogen and oxygen atoms in total. The van der Waals surface area contributed by atoms with Crippen LogP contribution in [0.5, 0.6) is 0 Å². The molecule has 7 heterocycles. The van der Waals surface area contributed by atoms with Gasteiger partial charge in [-0.2, -0.15) is 0 Å². The third kappa shape index (κ3) is 5.33. The Morgan fingerprint density at radius 1 is 0.933 bits per heavy atom. The highest BCUT2D eigenvalue weighted by Gasteiger charge is 2.54. The first-order valence-electron chi connectivity index (χ1n) is 13.2. The highest BCUT2D eigenvalue weighted by Crippen LogP contribution is 2.54. The number of aliphatic imine (C=N–C) groups is 1. The third-order valence-electron chi connectivity index (χ3n) is 7.60. The monoisotopic (exact) mass is 675 g/mol. The second-order valence-corrected chi connectivity index (χ2v) is 13.2. The number of aromatic nitrogens is 5. The lowest BCUT2D eigenvalue weighted by Gasteiger charge is -2.26. The van der Waals surface area contributed by atoms with E-state index in [4.69, 9.17) is 33.3 Å². The van der Waals surface area contributed by atoms with Crippen molar-refractivity contribution >= 4 is 50.4 Å². The second kappa shape index (κ2) is 11.0. The number of halogens is 1. The first-order valence-corrected chi connectivity index (χ1v) is 16.2. The molecule has 0 spiro atoms. The van der Waals surface area contributed by atoms with Gasteiger partial charge in [-0.25, -0.2) is 33.5 Å². The average molecular weight is 675 g/mol. The molecule has 3 aromatic rings. The maximum absolute atomic E-state index is 14.8. The van der Waals surface area contributed by atoms with E-state index in [1.165, 1.54) is 17.1 Å². The fourth-order valence-corrected chi connectivity index (χ4v) is 7.45. The SMILES string of the molecule is Nc1ncnc2c1ncn2[C@@H]1O[C@@H]2COP(=O)(O)O[C@@H]3[C@H](O)[C@@H](COP(=O)(O)O[C@H]2[C@H]1O)O[C@H]3n1cc(F)c2c1N=CCC2=O. The normalized spacial score (nSPS) is 38.8. The van der Waals surface area contributed by atoms with Crippen molar-refractivity contribution < 1.29 is 65.9 Å². The number of hydrogen-bond acceptors (Lipinski definition) is 16. The van der Waals surface area contributed by atoms with Crippen molar-refractivity contribution in [2.75, 3.05) is 18.9 Å². The maximum atomic E-state index is 14.8. The molecule has 3 fully saturated rings. The van der Waals surface area contributed by atoms with Gasteiger partial charge in [-0.1, -0.05) is 0 Å². The van der Waals surface area contributed by atoms with Crippen LogP contribution in [0.3, 0.4) is 0 Å². The van der Waals surface area contributed by atoms with Crippen LogP contribution in [-0.2, 0) is 36.7 Å². The Balaban J connectivity index is 1.20. The van der Waals surface area contributed by atoms with E-state index in [1.807, 2.05) is 0 Å². The molecule has 2 bridgehead atoms. The number of nitrogens with two attached hydrogens (primary N) is 1. The van der Waals surface area contributed by atoms with Gasteiger partial charge in [0.05, 0.1) is 25.1 Å². The number of phosphoric acid groups is 2. The summed E-state index contributed by atoms with van der Waals surface area (Å²) >= 11 is 0. The molecule has 45 heavy (non-hydrogen) atoms. The Morgan fingerprint density at radius 3 is 2.38 bits per heavy atom. The predicted octanol–water partition coefficient (Wildman–Crippen LogP) is -0.127. The molecule has 2 unspecified atom stereocenters. The van der Waals surface area contributed by atoms with Crippen LogP contribution in [0, 0.1) is 5.82 Å². The van der Waals surface area contributed by atoms with Crippen LogP contribution in [0.15, 0.2) is 23.8 Å². The van der Waals surface area contributed by atoms with E-state index in [1.54, 1.807) is 0 Å². The lowest BCUT2D eigenvalue weighted by molar-refractivity contribution is -0.0676. The van der Waals surface area contributed by atoms with E-state index >= 15 is 0 Å². The van der Waals surface area contributed by atoms with Crippen LogP contribution in [0.25, 0.3) is 11.2 Å². The summed E-state index contributed by atoms with van der Waals surface area (Å²) in [4.78, 5) is 49.5. The Labute approximate surface area is 250 Å². The van der Waals surface area contributed by atoms with Crippen LogP contribution >= 0.6 is 15.6 Å². The molecule has 0 amide bonds. The molecule has 0 saturated carbocycles. The minimum absolute atomic E-state index is 0.0268. The van der Waals surface area contributed by atoms with E-state index in [-0.39, 0.29) is 34.8 Å². The van der Waals surface area contributed by atoms with E-state index in [2.05, 4.69) is 19.9 Å². The smallest absolute Gasteiger partial charge is 0.387 e. The van der Waals surface area contributed by atoms with Crippen molar-refractivity contribution in [3.05, 3.63) is 30.2 Å². The van der Waals surface area contributed by atoms with Crippen molar-refractivity contribution in [2.45, 2.75) is 55.5 Å². The van der Waals surface area contributed by atoms with Gasteiger partial charge in [0.15, 0.2) is 35.5 Å². The first-order chi connectivity index (χ1) is 21.3. The Hall–Kier alpha value is -3.04. The fraction of sp³-hybridized carbons (Fsp3) is 0.500. The number of carbonyl (C=O) groups excluding carboxylic acids is 1. The van der Waals surface area contributed by atoms with E-state index in [0.717, 1.165) is 17.1 Å². The summed E-state index contributed by atoms with van der Waals surface area (Å²) < 4.78 is 75.5. The number of aliphatic hydroxyl groups is 2. The summed E-state index contributed by atoms with van der Waals surface area (Å²) in [6.45, 7) is -1.71. The molecule has 3 aromatic heterocycles. The van der Waals surface area contributed by atoms with Crippen LogP contribution in [-0.4, -0.2) is 106 Å². The summed E-state index contributed by atoms with van der Waals surface area (Å²) in [5.74, 6) is -1.73. The molecule has 4 aliphatic heterocycles. The number of phosphoric ester groups is 2. The molecule has 7 rings (SSSR count). The quantitative estimate of drug-likeness (QED) is 0.221. The summed E-state index contributed by atoms with van der Waals surface area (Å²) in [6.07, 6.45) is -8.74. The van der Waals surface area contributed by atoms with Gasteiger partial charge >= 0.3 is 15.6 Å². The molecule has 23 heteroatoms. The van der Waals surface area contributed by atoms with Gasteiger partial charge in [-0.3, -0.25) is 27.5 Å². The van der Waals surface area contributed by atoms with E-state index < -0.39 is 89.5 Å². The molecule has 0 aromatic carbocycles. The average Bonchev–Trinajstić information content (AvgIpc) is 3.71. The third-order valence-corrected chi connectivity index (χ3v) is 9.57. The number of imidazole rings is 1. The topological polar surface area (TPSA) is 274 Å².